The molecule has 0 saturated heterocycles. The van der Waals surface area contributed by atoms with Crippen molar-refractivity contribution in [3.05, 3.63) is 78.5 Å². The quantitative estimate of drug-likeness (QED) is 0.340. The van der Waals surface area contributed by atoms with Gasteiger partial charge < -0.3 is 5.32 Å². The standard InChI is InChI=1S/C23H22FN5OS/c1-15(2)21(16-8-10-17(24)11-9-16)28-20(30)13-31-23-19-12-27-29(22(19)25-14-26-23)18-6-4-3-5-7-18/h3-12,14-15,21H,13H2,1-2H3,(H,28,30). The lowest BCUT2D eigenvalue weighted by Gasteiger charge is -2.23. The van der Waals surface area contributed by atoms with Gasteiger partial charge in [0.15, 0.2) is 5.65 Å². The first-order valence-corrected chi connectivity index (χ1v) is 10.9. The molecule has 0 aliphatic carbocycles. The molecule has 4 aromatic rings. The van der Waals surface area contributed by atoms with Gasteiger partial charge in [0.1, 0.15) is 17.2 Å². The SMILES string of the molecule is CC(C)C(NC(=O)CSc1ncnc2c1cnn2-c1ccccc1)c1ccc(F)cc1. The van der Waals surface area contributed by atoms with Crippen LogP contribution in [-0.2, 0) is 4.79 Å². The monoisotopic (exact) mass is 435 g/mol. The molecule has 4 rings (SSSR count). The number of thioether (sulfide) groups is 1. The van der Waals surface area contributed by atoms with Crippen molar-refractivity contribution in [2.45, 2.75) is 24.9 Å². The molecule has 0 aliphatic heterocycles. The molecule has 0 radical (unpaired) electrons. The van der Waals surface area contributed by atoms with Gasteiger partial charge >= 0.3 is 0 Å². The first-order chi connectivity index (χ1) is 15.0. The van der Waals surface area contributed by atoms with Gasteiger partial charge in [0.2, 0.25) is 5.91 Å². The molecule has 31 heavy (non-hydrogen) atoms. The molecule has 6 nitrogen and oxygen atoms in total. The molecule has 0 fully saturated rings. The Morgan fingerprint density at radius 3 is 2.55 bits per heavy atom. The number of benzene rings is 2. The van der Waals surface area contributed by atoms with Gasteiger partial charge in [-0.2, -0.15) is 5.10 Å². The van der Waals surface area contributed by atoms with Crippen molar-refractivity contribution in [2.75, 3.05) is 5.75 Å². The number of carbonyl (C=O) groups is 1. The number of hydrogen-bond donors (Lipinski definition) is 1. The van der Waals surface area contributed by atoms with Crippen LogP contribution in [-0.4, -0.2) is 31.4 Å². The van der Waals surface area contributed by atoms with Crippen LogP contribution >= 0.6 is 11.8 Å². The Labute approximate surface area is 183 Å². The van der Waals surface area contributed by atoms with E-state index >= 15 is 0 Å². The highest BCUT2D eigenvalue weighted by molar-refractivity contribution is 8.00. The van der Waals surface area contributed by atoms with E-state index in [2.05, 4.69) is 20.4 Å². The molecule has 1 atom stereocenters. The van der Waals surface area contributed by atoms with E-state index in [1.165, 1.54) is 30.2 Å². The largest absolute Gasteiger partial charge is 0.348 e. The van der Waals surface area contributed by atoms with Crippen molar-refractivity contribution >= 4 is 28.7 Å². The van der Waals surface area contributed by atoms with Crippen molar-refractivity contribution < 1.29 is 9.18 Å². The molecule has 0 saturated carbocycles. The first kappa shape index (κ1) is 21.0. The number of carbonyl (C=O) groups excluding carboxylic acids is 1. The first-order valence-electron chi connectivity index (χ1n) is 9.94. The van der Waals surface area contributed by atoms with Crippen LogP contribution in [0.1, 0.15) is 25.5 Å². The minimum Gasteiger partial charge on any atom is -0.348 e. The molecule has 1 amide bonds. The number of para-hydroxylation sites is 1. The van der Waals surface area contributed by atoms with Crippen LogP contribution in [0, 0.1) is 11.7 Å². The third-order valence-corrected chi connectivity index (χ3v) is 5.89. The van der Waals surface area contributed by atoms with E-state index in [9.17, 15) is 9.18 Å². The van der Waals surface area contributed by atoms with Crippen molar-refractivity contribution in [1.29, 1.82) is 0 Å². The van der Waals surface area contributed by atoms with Crippen LogP contribution in [0.15, 0.2) is 72.1 Å². The van der Waals surface area contributed by atoms with Gasteiger partial charge in [0.25, 0.3) is 0 Å². The molecule has 2 heterocycles. The van der Waals surface area contributed by atoms with E-state index < -0.39 is 0 Å². The van der Waals surface area contributed by atoms with Crippen molar-refractivity contribution in [3.8, 4) is 5.69 Å². The van der Waals surface area contributed by atoms with E-state index in [1.54, 1.807) is 23.0 Å². The Bertz CT molecular complexity index is 1180. The number of rotatable bonds is 7. The lowest BCUT2D eigenvalue weighted by atomic mass is 9.96. The molecular weight excluding hydrogens is 413 g/mol. The predicted molar refractivity (Wildman–Crippen MR) is 120 cm³/mol. The van der Waals surface area contributed by atoms with Crippen LogP contribution in [0.3, 0.4) is 0 Å². The number of halogens is 1. The van der Waals surface area contributed by atoms with Crippen LogP contribution in [0.25, 0.3) is 16.7 Å². The Morgan fingerprint density at radius 1 is 1.10 bits per heavy atom. The highest BCUT2D eigenvalue weighted by Gasteiger charge is 2.19. The van der Waals surface area contributed by atoms with Crippen molar-refractivity contribution in [1.82, 2.24) is 25.1 Å². The van der Waals surface area contributed by atoms with Gasteiger partial charge in [-0.05, 0) is 35.7 Å². The molecular formula is C23H22FN5OS. The molecule has 8 heteroatoms. The average molecular weight is 436 g/mol. The zero-order chi connectivity index (χ0) is 21.8. The smallest absolute Gasteiger partial charge is 0.230 e. The fourth-order valence-corrected chi connectivity index (χ4v) is 4.12. The number of fused-ring (bicyclic) bond motifs is 1. The second-order valence-electron chi connectivity index (χ2n) is 7.44. The summed E-state index contributed by atoms with van der Waals surface area (Å²) in [5, 5.41) is 8.99. The van der Waals surface area contributed by atoms with Gasteiger partial charge in [-0.1, -0.05) is 55.9 Å². The molecule has 2 aromatic heterocycles. The maximum atomic E-state index is 13.3. The minimum atomic E-state index is -0.294. The fraction of sp³-hybridized carbons (Fsp3) is 0.217. The minimum absolute atomic E-state index is 0.116. The second kappa shape index (κ2) is 9.26. The summed E-state index contributed by atoms with van der Waals surface area (Å²) in [5.41, 5.74) is 2.47. The fourth-order valence-electron chi connectivity index (χ4n) is 3.35. The Morgan fingerprint density at radius 2 is 1.84 bits per heavy atom. The Hall–Kier alpha value is -3.26. The van der Waals surface area contributed by atoms with Gasteiger partial charge in [0.05, 0.1) is 29.1 Å². The average Bonchev–Trinajstić information content (AvgIpc) is 3.22. The van der Waals surface area contributed by atoms with Crippen molar-refractivity contribution in [2.24, 2.45) is 5.92 Å². The highest BCUT2D eigenvalue weighted by Crippen LogP contribution is 2.27. The summed E-state index contributed by atoms with van der Waals surface area (Å²) in [7, 11) is 0. The summed E-state index contributed by atoms with van der Waals surface area (Å²) < 4.78 is 15.0. The third-order valence-electron chi connectivity index (χ3n) is 4.88. The van der Waals surface area contributed by atoms with Gasteiger partial charge in [-0.25, -0.2) is 19.0 Å². The van der Waals surface area contributed by atoms with Crippen LogP contribution < -0.4 is 5.32 Å². The predicted octanol–water partition coefficient (Wildman–Crippen LogP) is 4.56. The van der Waals surface area contributed by atoms with E-state index in [1.807, 2.05) is 44.2 Å². The van der Waals surface area contributed by atoms with Crippen LogP contribution in [0.5, 0.6) is 0 Å². The number of nitrogens with zero attached hydrogens (tertiary/aromatic N) is 4. The van der Waals surface area contributed by atoms with E-state index in [-0.39, 0.29) is 29.4 Å². The van der Waals surface area contributed by atoms with E-state index in [0.29, 0.717) is 10.7 Å². The molecule has 0 aliphatic rings. The lowest BCUT2D eigenvalue weighted by Crippen LogP contribution is -2.33. The molecule has 158 valence electrons. The summed E-state index contributed by atoms with van der Waals surface area (Å²) in [6.45, 7) is 4.04. The second-order valence-corrected chi connectivity index (χ2v) is 8.40. The molecule has 0 spiro atoms. The third kappa shape index (κ3) is 4.74. The van der Waals surface area contributed by atoms with E-state index in [4.69, 9.17) is 0 Å². The van der Waals surface area contributed by atoms with Crippen molar-refractivity contribution in [3.63, 3.8) is 0 Å². The lowest BCUT2D eigenvalue weighted by molar-refractivity contribution is -0.119. The summed E-state index contributed by atoms with van der Waals surface area (Å²) in [4.78, 5) is 21.4. The van der Waals surface area contributed by atoms with Gasteiger partial charge in [-0.15, -0.1) is 0 Å². The van der Waals surface area contributed by atoms with Gasteiger partial charge in [0, 0.05) is 0 Å². The number of nitrogens with one attached hydrogen (secondary N) is 1. The molecule has 1 unspecified atom stereocenters. The van der Waals surface area contributed by atoms with Crippen LogP contribution in [0.4, 0.5) is 4.39 Å². The zero-order valence-electron chi connectivity index (χ0n) is 17.2. The molecule has 2 aromatic carbocycles. The highest BCUT2D eigenvalue weighted by atomic mass is 32.2. The summed E-state index contributed by atoms with van der Waals surface area (Å²) >= 11 is 1.34. The maximum absolute atomic E-state index is 13.3. The number of amides is 1. The summed E-state index contributed by atoms with van der Waals surface area (Å²) in [5.74, 6) is -0.0472. The van der Waals surface area contributed by atoms with E-state index in [0.717, 1.165) is 16.6 Å². The summed E-state index contributed by atoms with van der Waals surface area (Å²) in [6.07, 6.45) is 3.21. The molecule has 0 bridgehead atoms. The topological polar surface area (TPSA) is 72.7 Å². The normalized spacial score (nSPS) is 12.3. The maximum Gasteiger partial charge on any atom is 0.230 e. The summed E-state index contributed by atoms with van der Waals surface area (Å²) in [6, 6.07) is 15.8. The zero-order valence-corrected chi connectivity index (χ0v) is 18.0. The number of aromatic nitrogens is 4. The molecule has 1 N–H and O–H groups in total. The number of hydrogen-bond acceptors (Lipinski definition) is 5. The Balaban J connectivity index is 1.48. The van der Waals surface area contributed by atoms with Gasteiger partial charge in [-0.3, -0.25) is 4.79 Å². The Kier molecular flexibility index (Phi) is 6.27. The van der Waals surface area contributed by atoms with Crippen LogP contribution in [0.2, 0.25) is 0 Å².